The largest absolute Gasteiger partial charge is 0.372 e. The highest BCUT2D eigenvalue weighted by molar-refractivity contribution is 5.98. The number of carbonyl (C=O) groups excluding carboxylic acids is 5. The Morgan fingerprint density at radius 3 is 2.16 bits per heavy atom. The highest BCUT2D eigenvalue weighted by atomic mass is 19.1. The van der Waals surface area contributed by atoms with Crippen molar-refractivity contribution in [3.05, 3.63) is 111 Å². The molecule has 1 saturated carbocycles. The molecule has 4 saturated heterocycles. The third kappa shape index (κ3) is 12.5. The fourth-order valence-electron chi connectivity index (χ4n) is 12.1. The fourth-order valence-corrected chi connectivity index (χ4v) is 12.1. The van der Waals surface area contributed by atoms with Crippen LogP contribution in [0.3, 0.4) is 0 Å². The van der Waals surface area contributed by atoms with E-state index < -0.39 is 40.5 Å². The van der Waals surface area contributed by atoms with Crippen molar-refractivity contribution >= 4 is 40.3 Å². The number of amides is 5. The average Bonchev–Trinajstić information content (AvgIpc) is 3.41. The Balaban J connectivity index is 0.729. The molecule has 1 unspecified atom stereocenters. The van der Waals surface area contributed by atoms with Gasteiger partial charge in [-0.3, -0.25) is 33.7 Å². The Morgan fingerprint density at radius 1 is 0.760 bits per heavy atom. The molecule has 2 atom stereocenters. The lowest BCUT2D eigenvalue weighted by Gasteiger charge is -2.44. The van der Waals surface area contributed by atoms with E-state index in [9.17, 15) is 28.8 Å². The standard InChI is InChI=1S/C58H74F2N8O7/c1-57(2,3)56(74)68-25-11-14-40(36-68)42-17-10-18-45(50(42)60)52(70)61-51(39-12-6-5-7-13-39)55(73)66-28-23-58(4,24-29-66)75-41-21-26-64(27-22-41)37-49(69)65-30-32-67(33-31-65)54(72)46-34-38(19-20-47(46)59)35-48-43-15-8-9-16-44(43)53(71)63-62-48/h8-10,15-20,34,39-41,51H,5-7,11-14,21-33,35-37H2,1-4H3,(H,61,70)(H,63,71)/t40?,51-/m1/s1. The summed E-state index contributed by atoms with van der Waals surface area (Å²) >= 11 is 0. The lowest BCUT2D eigenvalue weighted by molar-refractivity contribution is -0.150. The minimum Gasteiger partial charge on any atom is -0.372 e. The number of piperazine rings is 1. The number of aromatic amines is 1. The van der Waals surface area contributed by atoms with E-state index in [0.717, 1.165) is 51.4 Å². The Hall–Kier alpha value is -6.07. The van der Waals surface area contributed by atoms with Crippen LogP contribution >= 0.6 is 0 Å². The molecule has 0 spiro atoms. The number of nitrogens with one attached hydrogen (secondary N) is 2. The van der Waals surface area contributed by atoms with Crippen molar-refractivity contribution in [2.75, 3.05) is 72.0 Å². The Kier molecular flexibility index (Phi) is 16.5. The van der Waals surface area contributed by atoms with Crippen LogP contribution < -0.4 is 10.9 Å². The SMILES string of the molecule is CC1(OC2CCN(CC(=O)N3CCN(C(=O)c4cc(Cc5n[nH]c(=O)c6ccccc56)ccc4F)CC3)CC2)CCN(C(=O)[C@H](NC(=O)c2cccc(C3CCCN(C(=O)C(C)(C)C)C3)c2F)C2CCCCC2)CC1. The van der Waals surface area contributed by atoms with Crippen LogP contribution in [0.15, 0.2) is 65.5 Å². The zero-order valence-electron chi connectivity index (χ0n) is 44.1. The van der Waals surface area contributed by atoms with Crippen molar-refractivity contribution in [1.82, 2.24) is 40.0 Å². The van der Waals surface area contributed by atoms with Gasteiger partial charge in [0.1, 0.15) is 17.7 Å². The molecule has 17 heteroatoms. The van der Waals surface area contributed by atoms with Crippen LogP contribution in [-0.2, 0) is 25.5 Å². The number of ether oxygens (including phenoxy) is 1. The summed E-state index contributed by atoms with van der Waals surface area (Å²) in [6, 6.07) is 15.7. The number of nitrogens with zero attached hydrogens (tertiary/aromatic N) is 6. The van der Waals surface area contributed by atoms with Crippen molar-refractivity contribution in [2.24, 2.45) is 11.3 Å². The number of aromatic nitrogens is 2. The van der Waals surface area contributed by atoms with Gasteiger partial charge in [0, 0.05) is 88.6 Å². The molecule has 5 heterocycles. The number of rotatable bonds is 12. The summed E-state index contributed by atoms with van der Waals surface area (Å²) in [5.41, 5.74) is 0.317. The zero-order valence-corrected chi connectivity index (χ0v) is 44.1. The van der Waals surface area contributed by atoms with E-state index in [-0.39, 0.29) is 72.0 Å². The van der Waals surface area contributed by atoms with E-state index >= 15 is 8.78 Å². The van der Waals surface area contributed by atoms with Gasteiger partial charge in [-0.05, 0) is 99.6 Å². The van der Waals surface area contributed by atoms with Gasteiger partial charge in [-0.15, -0.1) is 0 Å². The van der Waals surface area contributed by atoms with Crippen LogP contribution in [0.1, 0.15) is 142 Å². The van der Waals surface area contributed by atoms with E-state index in [4.69, 9.17) is 4.74 Å². The van der Waals surface area contributed by atoms with Crippen LogP contribution in [0.2, 0.25) is 0 Å². The Labute approximate surface area is 438 Å². The zero-order chi connectivity index (χ0) is 53.0. The van der Waals surface area contributed by atoms with Gasteiger partial charge in [0.2, 0.25) is 17.7 Å². The predicted octanol–water partition coefficient (Wildman–Crippen LogP) is 7.07. The van der Waals surface area contributed by atoms with Crippen molar-refractivity contribution in [1.29, 1.82) is 0 Å². The Bertz CT molecular complexity index is 2800. The maximum atomic E-state index is 16.4. The van der Waals surface area contributed by atoms with Crippen molar-refractivity contribution < 1.29 is 37.5 Å². The third-order valence-electron chi connectivity index (χ3n) is 16.5. The summed E-state index contributed by atoms with van der Waals surface area (Å²) in [5, 5.41) is 11.0. The van der Waals surface area contributed by atoms with Gasteiger partial charge in [-0.2, -0.15) is 5.10 Å². The van der Waals surface area contributed by atoms with Crippen LogP contribution in [-0.4, -0.2) is 154 Å². The van der Waals surface area contributed by atoms with Gasteiger partial charge >= 0.3 is 0 Å². The number of hydrogen-bond acceptors (Lipinski definition) is 9. The smallest absolute Gasteiger partial charge is 0.272 e. The van der Waals surface area contributed by atoms with E-state index in [1.165, 1.54) is 12.1 Å². The molecule has 5 aliphatic rings. The third-order valence-corrected chi connectivity index (χ3v) is 16.5. The first-order chi connectivity index (χ1) is 35.9. The van der Waals surface area contributed by atoms with Gasteiger partial charge in [0.05, 0.1) is 40.5 Å². The summed E-state index contributed by atoms with van der Waals surface area (Å²) in [4.78, 5) is 90.2. The summed E-state index contributed by atoms with van der Waals surface area (Å²) in [6.07, 6.45) is 9.19. The summed E-state index contributed by atoms with van der Waals surface area (Å²) in [5.74, 6) is -2.62. The summed E-state index contributed by atoms with van der Waals surface area (Å²) in [6.45, 7) is 12.7. The van der Waals surface area contributed by atoms with Gasteiger partial charge < -0.3 is 29.7 Å². The lowest BCUT2D eigenvalue weighted by atomic mass is 9.82. The van der Waals surface area contributed by atoms with Crippen LogP contribution in [0, 0.1) is 23.0 Å². The number of benzene rings is 3. The normalized spacial score (nSPS) is 20.7. The molecule has 9 rings (SSSR count). The first-order valence-corrected chi connectivity index (χ1v) is 27.3. The molecule has 5 amide bonds. The molecule has 0 radical (unpaired) electrons. The van der Waals surface area contributed by atoms with Crippen LogP contribution in [0.25, 0.3) is 10.8 Å². The first-order valence-electron chi connectivity index (χ1n) is 27.3. The molecule has 4 aromatic rings. The number of hydrogen-bond donors (Lipinski definition) is 2. The maximum Gasteiger partial charge on any atom is 0.272 e. The second kappa shape index (κ2) is 23.0. The summed E-state index contributed by atoms with van der Waals surface area (Å²) < 4.78 is 38.3. The Morgan fingerprint density at radius 2 is 1.45 bits per heavy atom. The molecule has 75 heavy (non-hydrogen) atoms. The molecule has 5 fully saturated rings. The van der Waals surface area contributed by atoms with Gasteiger partial charge in [-0.25, -0.2) is 13.9 Å². The van der Waals surface area contributed by atoms with Crippen molar-refractivity contribution in [3.8, 4) is 0 Å². The van der Waals surface area contributed by atoms with Crippen molar-refractivity contribution in [2.45, 2.75) is 128 Å². The van der Waals surface area contributed by atoms with Crippen molar-refractivity contribution in [3.63, 3.8) is 0 Å². The molecular weight excluding hydrogens is 959 g/mol. The predicted molar refractivity (Wildman–Crippen MR) is 281 cm³/mol. The fraction of sp³-hybridized carbons (Fsp3) is 0.569. The molecule has 15 nitrogen and oxygen atoms in total. The molecular formula is C58H74F2N8O7. The molecule has 1 aliphatic carbocycles. The van der Waals surface area contributed by atoms with E-state index in [1.54, 1.807) is 46.2 Å². The molecule has 0 bridgehead atoms. The van der Waals surface area contributed by atoms with Gasteiger partial charge in [0.25, 0.3) is 17.4 Å². The van der Waals surface area contributed by atoms with Gasteiger partial charge in [0.15, 0.2) is 0 Å². The maximum absolute atomic E-state index is 16.4. The monoisotopic (exact) mass is 1030 g/mol. The lowest BCUT2D eigenvalue weighted by Crippen LogP contribution is -2.56. The first kappa shape index (κ1) is 53.7. The van der Waals surface area contributed by atoms with E-state index in [2.05, 4.69) is 27.3 Å². The number of fused-ring (bicyclic) bond motifs is 1. The minimum absolute atomic E-state index is 0.0000122. The van der Waals surface area contributed by atoms with E-state index in [0.29, 0.717) is 106 Å². The number of piperidine rings is 3. The second-order valence-electron chi connectivity index (χ2n) is 23.0. The topological polar surface area (TPSA) is 169 Å². The minimum atomic E-state index is -0.770. The van der Waals surface area contributed by atoms with Crippen LogP contribution in [0.4, 0.5) is 8.78 Å². The van der Waals surface area contributed by atoms with Crippen LogP contribution in [0.5, 0.6) is 0 Å². The highest BCUT2D eigenvalue weighted by Crippen LogP contribution is 2.35. The van der Waals surface area contributed by atoms with Gasteiger partial charge in [-0.1, -0.05) is 76.4 Å². The molecule has 3 aromatic carbocycles. The number of H-pyrrole nitrogens is 1. The molecule has 1 aromatic heterocycles. The second-order valence-corrected chi connectivity index (χ2v) is 23.0. The number of halogens is 2. The highest BCUT2D eigenvalue weighted by Gasteiger charge is 2.41. The molecule has 4 aliphatic heterocycles. The molecule has 2 N–H and O–H groups in total. The quantitative estimate of drug-likeness (QED) is 0.151. The molecule has 402 valence electrons. The average molecular weight is 1030 g/mol. The van der Waals surface area contributed by atoms with E-state index in [1.807, 2.05) is 42.7 Å². The number of carbonyl (C=O) groups is 5. The number of likely N-dealkylation sites (tertiary alicyclic amines) is 3. The summed E-state index contributed by atoms with van der Waals surface area (Å²) in [7, 11) is 0.